The van der Waals surface area contributed by atoms with Gasteiger partial charge in [0.15, 0.2) is 10.9 Å². The van der Waals surface area contributed by atoms with Crippen molar-refractivity contribution in [1.29, 1.82) is 0 Å². The number of fused-ring (bicyclic) bond motifs is 1. The number of carbonyl (C=O) groups excluding carboxylic acids is 2. The highest BCUT2D eigenvalue weighted by Crippen LogP contribution is 2.28. The second-order valence-electron chi connectivity index (χ2n) is 5.66. The molecule has 0 unspecified atom stereocenters. The standard InChI is InChI=1S/C18H18N2O3S/c1-11(21)14-10-13(23-12(14)2)8-9-17(22)20(3)18-19-15-6-4-5-7-16(15)24-18/h4-7,10H,8-9H2,1-3H3. The number of ketones is 1. The zero-order valence-corrected chi connectivity index (χ0v) is 14.6. The Morgan fingerprint density at radius 2 is 2.04 bits per heavy atom. The first-order valence-electron chi connectivity index (χ1n) is 7.68. The molecule has 124 valence electrons. The van der Waals surface area contributed by atoms with Gasteiger partial charge >= 0.3 is 0 Å². The number of furan rings is 1. The van der Waals surface area contributed by atoms with E-state index in [1.54, 1.807) is 24.9 Å². The van der Waals surface area contributed by atoms with Crippen LogP contribution in [0.1, 0.15) is 35.2 Å². The normalized spacial score (nSPS) is 11.0. The molecule has 5 nitrogen and oxygen atoms in total. The molecule has 2 aromatic heterocycles. The molecule has 24 heavy (non-hydrogen) atoms. The van der Waals surface area contributed by atoms with Gasteiger partial charge in [0.25, 0.3) is 0 Å². The molecule has 0 saturated heterocycles. The van der Waals surface area contributed by atoms with Crippen molar-refractivity contribution in [2.75, 3.05) is 11.9 Å². The number of hydrogen-bond acceptors (Lipinski definition) is 5. The van der Waals surface area contributed by atoms with Crippen molar-refractivity contribution in [3.8, 4) is 0 Å². The predicted octanol–water partition coefficient (Wildman–Crippen LogP) is 4.00. The van der Waals surface area contributed by atoms with Crippen LogP contribution in [-0.2, 0) is 11.2 Å². The predicted molar refractivity (Wildman–Crippen MR) is 94.8 cm³/mol. The van der Waals surface area contributed by atoms with E-state index in [9.17, 15) is 9.59 Å². The summed E-state index contributed by atoms with van der Waals surface area (Å²) < 4.78 is 6.61. The summed E-state index contributed by atoms with van der Waals surface area (Å²) in [4.78, 5) is 29.9. The maximum atomic E-state index is 12.4. The van der Waals surface area contributed by atoms with E-state index in [1.165, 1.54) is 18.3 Å². The van der Waals surface area contributed by atoms with E-state index in [2.05, 4.69) is 4.98 Å². The van der Waals surface area contributed by atoms with Gasteiger partial charge < -0.3 is 4.42 Å². The van der Waals surface area contributed by atoms with E-state index in [1.807, 2.05) is 24.3 Å². The number of rotatable bonds is 5. The van der Waals surface area contributed by atoms with Crippen LogP contribution in [0.3, 0.4) is 0 Å². The van der Waals surface area contributed by atoms with Gasteiger partial charge in [-0.2, -0.15) is 0 Å². The zero-order valence-electron chi connectivity index (χ0n) is 13.8. The van der Waals surface area contributed by atoms with E-state index in [-0.39, 0.29) is 11.7 Å². The average Bonchev–Trinajstić information content (AvgIpc) is 3.15. The van der Waals surface area contributed by atoms with Crippen LogP contribution in [0, 0.1) is 6.92 Å². The molecule has 0 aliphatic rings. The summed E-state index contributed by atoms with van der Waals surface area (Å²) >= 11 is 1.49. The van der Waals surface area contributed by atoms with Gasteiger partial charge in [-0.3, -0.25) is 14.5 Å². The maximum Gasteiger partial charge on any atom is 0.228 e. The Morgan fingerprint density at radius 3 is 2.71 bits per heavy atom. The lowest BCUT2D eigenvalue weighted by Gasteiger charge is -2.12. The number of aromatic nitrogens is 1. The van der Waals surface area contributed by atoms with Gasteiger partial charge in [-0.05, 0) is 32.0 Å². The smallest absolute Gasteiger partial charge is 0.228 e. The summed E-state index contributed by atoms with van der Waals surface area (Å²) in [6.07, 6.45) is 0.763. The Hall–Kier alpha value is -2.47. The van der Waals surface area contributed by atoms with Gasteiger partial charge in [-0.15, -0.1) is 0 Å². The zero-order chi connectivity index (χ0) is 17.3. The number of anilines is 1. The highest BCUT2D eigenvalue weighted by molar-refractivity contribution is 7.22. The molecule has 0 N–H and O–H groups in total. The molecule has 0 radical (unpaired) electrons. The molecule has 6 heteroatoms. The summed E-state index contributed by atoms with van der Waals surface area (Å²) in [5, 5.41) is 0.682. The van der Waals surface area contributed by atoms with Crippen LogP contribution in [0.4, 0.5) is 5.13 Å². The number of carbonyl (C=O) groups is 2. The fraction of sp³-hybridized carbons (Fsp3) is 0.278. The molecule has 0 bridgehead atoms. The molecule has 0 saturated carbocycles. The fourth-order valence-corrected chi connectivity index (χ4v) is 3.47. The van der Waals surface area contributed by atoms with Crippen LogP contribution in [0.25, 0.3) is 10.2 Å². The molecule has 0 aliphatic heterocycles. The van der Waals surface area contributed by atoms with Gasteiger partial charge in [-0.1, -0.05) is 23.5 Å². The Labute approximate surface area is 143 Å². The Kier molecular flexibility index (Phi) is 4.49. The lowest BCUT2D eigenvalue weighted by atomic mass is 10.1. The topological polar surface area (TPSA) is 63.4 Å². The van der Waals surface area contributed by atoms with Crippen LogP contribution < -0.4 is 4.90 Å². The van der Waals surface area contributed by atoms with Crippen LogP contribution in [0.2, 0.25) is 0 Å². The molecule has 1 amide bonds. The molecule has 3 rings (SSSR count). The minimum atomic E-state index is -0.0347. The van der Waals surface area contributed by atoms with Gasteiger partial charge in [0.2, 0.25) is 5.91 Å². The number of Topliss-reactive ketones (excluding diaryl/α,β-unsaturated/α-hetero) is 1. The van der Waals surface area contributed by atoms with Crippen molar-refractivity contribution >= 4 is 38.4 Å². The average molecular weight is 342 g/mol. The second-order valence-corrected chi connectivity index (χ2v) is 6.66. The highest BCUT2D eigenvalue weighted by Gasteiger charge is 2.17. The molecule has 0 aliphatic carbocycles. The lowest BCUT2D eigenvalue weighted by molar-refractivity contribution is -0.118. The van der Waals surface area contributed by atoms with E-state index < -0.39 is 0 Å². The van der Waals surface area contributed by atoms with Gasteiger partial charge in [0.05, 0.1) is 15.8 Å². The van der Waals surface area contributed by atoms with Gasteiger partial charge in [-0.25, -0.2) is 4.98 Å². The quantitative estimate of drug-likeness (QED) is 0.658. The third kappa shape index (κ3) is 3.23. The Morgan fingerprint density at radius 1 is 1.29 bits per heavy atom. The summed E-state index contributed by atoms with van der Waals surface area (Å²) in [5.41, 5.74) is 1.47. The van der Waals surface area contributed by atoms with E-state index in [4.69, 9.17) is 4.42 Å². The molecule has 3 aromatic rings. The summed E-state index contributed by atoms with van der Waals surface area (Å²) in [7, 11) is 1.73. The summed E-state index contributed by atoms with van der Waals surface area (Å²) in [5.74, 6) is 1.20. The number of para-hydroxylation sites is 1. The van der Waals surface area contributed by atoms with Crippen molar-refractivity contribution in [3.63, 3.8) is 0 Å². The number of nitrogens with zero attached hydrogens (tertiary/aromatic N) is 2. The van der Waals surface area contributed by atoms with Crippen LogP contribution in [0.5, 0.6) is 0 Å². The largest absolute Gasteiger partial charge is 0.466 e. The first-order valence-corrected chi connectivity index (χ1v) is 8.49. The fourth-order valence-electron chi connectivity index (χ4n) is 2.52. The van der Waals surface area contributed by atoms with E-state index >= 15 is 0 Å². The van der Waals surface area contributed by atoms with Crippen LogP contribution >= 0.6 is 11.3 Å². The number of aryl methyl sites for hydroxylation is 2. The highest BCUT2D eigenvalue weighted by atomic mass is 32.1. The van der Waals surface area contributed by atoms with Crippen molar-refractivity contribution in [2.24, 2.45) is 0 Å². The van der Waals surface area contributed by atoms with Crippen molar-refractivity contribution in [2.45, 2.75) is 26.7 Å². The molecule has 0 fully saturated rings. The number of amides is 1. The number of thiazole rings is 1. The molecular formula is C18H18N2O3S. The van der Waals surface area contributed by atoms with E-state index in [0.29, 0.717) is 35.1 Å². The SMILES string of the molecule is CC(=O)c1cc(CCC(=O)N(C)c2nc3ccccc3s2)oc1C. The first-order chi connectivity index (χ1) is 11.5. The molecule has 0 atom stereocenters. The molecule has 1 aromatic carbocycles. The minimum Gasteiger partial charge on any atom is -0.466 e. The lowest BCUT2D eigenvalue weighted by Crippen LogP contribution is -2.26. The molecule has 2 heterocycles. The number of hydrogen-bond donors (Lipinski definition) is 0. The molecule has 0 spiro atoms. The monoisotopic (exact) mass is 342 g/mol. The Balaban J connectivity index is 1.68. The maximum absolute atomic E-state index is 12.4. The van der Waals surface area contributed by atoms with Crippen molar-refractivity contribution < 1.29 is 14.0 Å². The van der Waals surface area contributed by atoms with Gasteiger partial charge in [0, 0.05) is 19.9 Å². The minimum absolute atomic E-state index is 0.0274. The number of benzene rings is 1. The van der Waals surface area contributed by atoms with Crippen molar-refractivity contribution in [1.82, 2.24) is 4.98 Å². The third-order valence-corrected chi connectivity index (χ3v) is 4.99. The van der Waals surface area contributed by atoms with Crippen LogP contribution in [0.15, 0.2) is 34.7 Å². The third-order valence-electron chi connectivity index (χ3n) is 3.88. The summed E-state index contributed by atoms with van der Waals surface area (Å²) in [6, 6.07) is 9.53. The second kappa shape index (κ2) is 6.57. The molecular weight excluding hydrogens is 324 g/mol. The van der Waals surface area contributed by atoms with Gasteiger partial charge in [0.1, 0.15) is 11.5 Å². The first kappa shape index (κ1) is 16.4. The Bertz CT molecular complexity index is 877. The van der Waals surface area contributed by atoms with Crippen LogP contribution in [-0.4, -0.2) is 23.7 Å². The van der Waals surface area contributed by atoms with Crippen molar-refractivity contribution in [3.05, 3.63) is 47.4 Å². The summed E-state index contributed by atoms with van der Waals surface area (Å²) in [6.45, 7) is 3.27. The van der Waals surface area contributed by atoms with E-state index in [0.717, 1.165) is 10.2 Å².